The SMILES string of the molecule is CCCc1cc(=O)oc2c(CN(C)C[C@@H]3CCCN4CCCC[C@H]34)c(O)ccc12. The molecule has 158 valence electrons. The van der Waals surface area contributed by atoms with E-state index in [1.165, 1.54) is 45.2 Å². The van der Waals surface area contributed by atoms with Gasteiger partial charge in [-0.25, -0.2) is 4.79 Å². The molecule has 0 spiro atoms. The van der Waals surface area contributed by atoms with Crippen molar-refractivity contribution >= 4 is 11.0 Å². The van der Waals surface area contributed by atoms with Crippen LogP contribution in [0.3, 0.4) is 0 Å². The molecule has 5 heteroatoms. The maximum Gasteiger partial charge on any atom is 0.336 e. The molecule has 2 aliphatic rings. The van der Waals surface area contributed by atoms with Gasteiger partial charge in [0.1, 0.15) is 11.3 Å². The number of piperidine rings is 2. The summed E-state index contributed by atoms with van der Waals surface area (Å²) in [5.41, 5.74) is 1.96. The number of benzene rings is 1. The number of nitrogens with zero attached hydrogens (tertiary/aromatic N) is 2. The molecule has 2 aliphatic heterocycles. The van der Waals surface area contributed by atoms with Crippen molar-refractivity contribution in [1.82, 2.24) is 9.80 Å². The highest BCUT2D eigenvalue weighted by Gasteiger charge is 2.33. The quantitative estimate of drug-likeness (QED) is 0.741. The van der Waals surface area contributed by atoms with Crippen LogP contribution in [-0.2, 0) is 13.0 Å². The van der Waals surface area contributed by atoms with Gasteiger partial charge in [-0.05, 0) is 75.9 Å². The van der Waals surface area contributed by atoms with Gasteiger partial charge in [-0.1, -0.05) is 19.8 Å². The molecule has 2 saturated heterocycles. The minimum atomic E-state index is -0.333. The highest BCUT2D eigenvalue weighted by molar-refractivity contribution is 5.85. The van der Waals surface area contributed by atoms with Crippen molar-refractivity contribution in [2.45, 2.75) is 64.5 Å². The topological polar surface area (TPSA) is 56.9 Å². The molecule has 4 rings (SSSR count). The summed E-state index contributed by atoms with van der Waals surface area (Å²) in [7, 11) is 2.12. The van der Waals surface area contributed by atoms with Crippen LogP contribution in [0.2, 0.25) is 0 Å². The van der Waals surface area contributed by atoms with E-state index in [1.807, 2.05) is 6.07 Å². The summed E-state index contributed by atoms with van der Waals surface area (Å²) < 4.78 is 5.59. The molecule has 3 heterocycles. The van der Waals surface area contributed by atoms with Crippen molar-refractivity contribution in [3.05, 3.63) is 39.7 Å². The Bertz CT molecular complexity index is 905. The monoisotopic (exact) mass is 398 g/mol. The zero-order chi connectivity index (χ0) is 20.4. The van der Waals surface area contributed by atoms with E-state index >= 15 is 0 Å². The second kappa shape index (κ2) is 8.88. The molecule has 0 aliphatic carbocycles. The summed E-state index contributed by atoms with van der Waals surface area (Å²) in [6.07, 6.45) is 8.36. The van der Waals surface area contributed by atoms with E-state index in [0.29, 0.717) is 24.1 Å². The second-order valence-electron chi connectivity index (χ2n) is 8.98. The number of hydrogen-bond acceptors (Lipinski definition) is 5. The van der Waals surface area contributed by atoms with Gasteiger partial charge in [-0.2, -0.15) is 0 Å². The van der Waals surface area contributed by atoms with Crippen LogP contribution >= 0.6 is 0 Å². The van der Waals surface area contributed by atoms with Crippen LogP contribution in [0.4, 0.5) is 0 Å². The Kier molecular flexibility index (Phi) is 6.26. The normalized spacial score (nSPS) is 22.9. The van der Waals surface area contributed by atoms with Gasteiger partial charge in [0.05, 0.1) is 5.56 Å². The van der Waals surface area contributed by atoms with Gasteiger partial charge in [-0.3, -0.25) is 0 Å². The van der Waals surface area contributed by atoms with Gasteiger partial charge in [0.15, 0.2) is 0 Å². The first-order valence-electron chi connectivity index (χ1n) is 11.3. The Morgan fingerprint density at radius 2 is 2.03 bits per heavy atom. The van der Waals surface area contributed by atoms with Crippen molar-refractivity contribution < 1.29 is 9.52 Å². The Morgan fingerprint density at radius 1 is 1.21 bits per heavy atom. The van der Waals surface area contributed by atoms with E-state index in [9.17, 15) is 9.90 Å². The Labute approximate surface area is 173 Å². The molecule has 29 heavy (non-hydrogen) atoms. The highest BCUT2D eigenvalue weighted by Crippen LogP contribution is 2.33. The average Bonchev–Trinajstić information content (AvgIpc) is 2.71. The predicted molar refractivity (Wildman–Crippen MR) is 116 cm³/mol. The lowest BCUT2D eigenvalue weighted by atomic mass is 9.83. The molecule has 1 N–H and O–H groups in total. The molecule has 2 atom stereocenters. The van der Waals surface area contributed by atoms with Crippen LogP contribution in [0.25, 0.3) is 11.0 Å². The third kappa shape index (κ3) is 4.36. The summed E-state index contributed by atoms with van der Waals surface area (Å²) in [6, 6.07) is 5.92. The number of fused-ring (bicyclic) bond motifs is 2. The number of hydrogen-bond donors (Lipinski definition) is 1. The number of phenols is 1. The summed E-state index contributed by atoms with van der Waals surface area (Å²) >= 11 is 0. The fraction of sp³-hybridized carbons (Fsp3) is 0.625. The minimum Gasteiger partial charge on any atom is -0.507 e. The first-order chi connectivity index (χ1) is 14.1. The van der Waals surface area contributed by atoms with Gasteiger partial charge < -0.3 is 19.3 Å². The molecule has 0 radical (unpaired) electrons. The molecule has 0 bridgehead atoms. The molecule has 0 unspecified atom stereocenters. The number of aryl methyl sites for hydroxylation is 1. The van der Waals surface area contributed by atoms with Crippen molar-refractivity contribution in [1.29, 1.82) is 0 Å². The van der Waals surface area contributed by atoms with Gasteiger partial charge in [0, 0.05) is 30.6 Å². The first kappa shape index (κ1) is 20.4. The van der Waals surface area contributed by atoms with Crippen LogP contribution in [-0.4, -0.2) is 47.6 Å². The van der Waals surface area contributed by atoms with Crippen molar-refractivity contribution in [3.8, 4) is 5.75 Å². The molecular weight excluding hydrogens is 364 g/mol. The molecule has 1 aromatic heterocycles. The van der Waals surface area contributed by atoms with Crippen molar-refractivity contribution in [3.63, 3.8) is 0 Å². The van der Waals surface area contributed by atoms with Crippen LogP contribution in [0.15, 0.2) is 27.4 Å². The van der Waals surface area contributed by atoms with Crippen molar-refractivity contribution in [2.75, 3.05) is 26.7 Å². The standard InChI is InChI=1S/C24H34N2O3/c1-3-7-17-14-23(28)29-24-19(17)10-11-22(27)20(24)16-25(2)15-18-8-6-13-26-12-5-4-9-21(18)26/h10-11,14,18,21,27H,3-9,12-13,15-16H2,1-2H3/t18-,21+/m0/s1. The second-order valence-corrected chi connectivity index (χ2v) is 8.98. The zero-order valence-corrected chi connectivity index (χ0v) is 17.8. The zero-order valence-electron chi connectivity index (χ0n) is 17.8. The van der Waals surface area contributed by atoms with Crippen LogP contribution in [0, 0.1) is 5.92 Å². The van der Waals surface area contributed by atoms with E-state index in [2.05, 4.69) is 23.8 Å². The van der Waals surface area contributed by atoms with E-state index in [4.69, 9.17) is 4.42 Å². The lowest BCUT2D eigenvalue weighted by molar-refractivity contribution is 0.0434. The molecule has 5 nitrogen and oxygen atoms in total. The fourth-order valence-corrected chi connectivity index (χ4v) is 5.49. The summed E-state index contributed by atoms with van der Waals surface area (Å²) in [5.74, 6) is 0.887. The van der Waals surface area contributed by atoms with Gasteiger partial charge in [-0.15, -0.1) is 0 Å². The van der Waals surface area contributed by atoms with Gasteiger partial charge in [0.25, 0.3) is 0 Å². The molecule has 2 aromatic rings. The fourth-order valence-electron chi connectivity index (χ4n) is 5.49. The van der Waals surface area contributed by atoms with Crippen LogP contribution in [0.1, 0.15) is 56.6 Å². The molecule has 0 saturated carbocycles. The Balaban J connectivity index is 1.57. The predicted octanol–water partition coefficient (Wildman–Crippen LogP) is 4.15. The third-order valence-corrected chi connectivity index (χ3v) is 6.80. The first-order valence-corrected chi connectivity index (χ1v) is 11.3. The highest BCUT2D eigenvalue weighted by atomic mass is 16.4. The lowest BCUT2D eigenvalue weighted by Gasteiger charge is -2.45. The van der Waals surface area contributed by atoms with E-state index in [1.54, 1.807) is 12.1 Å². The van der Waals surface area contributed by atoms with E-state index < -0.39 is 0 Å². The third-order valence-electron chi connectivity index (χ3n) is 6.80. The lowest BCUT2D eigenvalue weighted by Crippen LogP contribution is -2.50. The molecule has 1 aromatic carbocycles. The van der Waals surface area contributed by atoms with Crippen molar-refractivity contribution in [2.24, 2.45) is 5.92 Å². The van der Waals surface area contributed by atoms with E-state index in [0.717, 1.165) is 35.9 Å². The average molecular weight is 399 g/mol. The van der Waals surface area contributed by atoms with Gasteiger partial charge in [0.2, 0.25) is 0 Å². The molecule has 0 amide bonds. The minimum absolute atomic E-state index is 0.212. The van der Waals surface area contributed by atoms with E-state index in [-0.39, 0.29) is 11.4 Å². The van der Waals surface area contributed by atoms with Crippen LogP contribution < -0.4 is 5.63 Å². The van der Waals surface area contributed by atoms with Crippen LogP contribution in [0.5, 0.6) is 5.75 Å². The summed E-state index contributed by atoms with van der Waals surface area (Å²) in [6.45, 7) is 6.20. The largest absolute Gasteiger partial charge is 0.507 e. The Hall–Kier alpha value is -1.85. The maximum absolute atomic E-state index is 12.1. The molecular formula is C24H34N2O3. The summed E-state index contributed by atoms with van der Waals surface area (Å²) in [5, 5.41) is 11.5. The Morgan fingerprint density at radius 3 is 2.86 bits per heavy atom. The maximum atomic E-state index is 12.1. The smallest absolute Gasteiger partial charge is 0.336 e. The summed E-state index contributed by atoms with van der Waals surface area (Å²) in [4.78, 5) is 17.1. The number of aromatic hydroxyl groups is 1. The molecule has 2 fully saturated rings. The van der Waals surface area contributed by atoms with Gasteiger partial charge >= 0.3 is 5.63 Å². The number of rotatable bonds is 6. The number of phenolic OH excluding ortho intramolecular Hbond substituents is 1.